The summed E-state index contributed by atoms with van der Waals surface area (Å²) >= 11 is 0. The van der Waals surface area contributed by atoms with Crippen LogP contribution in [0.15, 0.2) is 42.9 Å². The Kier molecular flexibility index (Phi) is 6.82. The van der Waals surface area contributed by atoms with Crippen LogP contribution in [0.5, 0.6) is 0 Å². The SMILES string of the molecule is CC(C)C[C@H](CC(=O)NO)C(=O)C[C@@H](Cc1c[nH]c2ccccc12)c1ncc[nH]1. The Morgan fingerprint density at radius 2 is 1.97 bits per heavy atom. The third-order valence-corrected chi connectivity index (χ3v) is 5.26. The maximum atomic E-state index is 13.1. The highest BCUT2D eigenvalue weighted by molar-refractivity contribution is 5.87. The summed E-state index contributed by atoms with van der Waals surface area (Å²) < 4.78 is 0. The number of hydroxylamine groups is 1. The molecule has 29 heavy (non-hydrogen) atoms. The number of hydrogen-bond acceptors (Lipinski definition) is 4. The lowest BCUT2D eigenvalue weighted by molar-refractivity contribution is -0.134. The van der Waals surface area contributed by atoms with Gasteiger partial charge in [-0.1, -0.05) is 32.0 Å². The highest BCUT2D eigenvalue weighted by Crippen LogP contribution is 2.29. The van der Waals surface area contributed by atoms with Crippen molar-refractivity contribution in [1.29, 1.82) is 0 Å². The van der Waals surface area contributed by atoms with Gasteiger partial charge in [-0.25, -0.2) is 10.5 Å². The number of Topliss-reactive ketones (excluding diaryl/α,β-unsaturated/α-hetero) is 1. The average molecular weight is 396 g/mol. The van der Waals surface area contributed by atoms with E-state index in [0.717, 1.165) is 22.3 Å². The van der Waals surface area contributed by atoms with Crippen LogP contribution in [-0.2, 0) is 16.0 Å². The van der Waals surface area contributed by atoms with E-state index in [-0.39, 0.29) is 30.5 Å². The first kappa shape index (κ1) is 20.8. The second kappa shape index (κ2) is 9.52. The molecule has 2 heterocycles. The molecule has 0 fully saturated rings. The average Bonchev–Trinajstić information content (AvgIpc) is 3.37. The zero-order chi connectivity index (χ0) is 20.8. The molecule has 3 aromatic rings. The highest BCUT2D eigenvalue weighted by atomic mass is 16.5. The van der Waals surface area contributed by atoms with E-state index in [9.17, 15) is 9.59 Å². The van der Waals surface area contributed by atoms with Crippen molar-refractivity contribution in [2.24, 2.45) is 11.8 Å². The summed E-state index contributed by atoms with van der Waals surface area (Å²) in [6, 6.07) is 8.07. The molecule has 0 aliphatic heterocycles. The molecular weight excluding hydrogens is 368 g/mol. The standard InChI is InChI=1S/C22H28N4O3/c1-14(2)9-15(12-21(28)26-29)20(27)11-16(22-23-7-8-24-22)10-17-13-25-19-6-4-3-5-18(17)19/h3-8,13-16,25,29H,9-12H2,1-2H3,(H,23,24)(H,26,28)/t15-,16-/m1/s1. The van der Waals surface area contributed by atoms with E-state index < -0.39 is 11.8 Å². The highest BCUT2D eigenvalue weighted by Gasteiger charge is 2.27. The van der Waals surface area contributed by atoms with Crippen LogP contribution in [0.3, 0.4) is 0 Å². The molecule has 1 amide bonds. The van der Waals surface area contributed by atoms with Gasteiger partial charge in [-0.15, -0.1) is 0 Å². The van der Waals surface area contributed by atoms with E-state index >= 15 is 0 Å². The van der Waals surface area contributed by atoms with Crippen molar-refractivity contribution in [2.75, 3.05) is 0 Å². The monoisotopic (exact) mass is 396 g/mol. The molecule has 2 aromatic heterocycles. The minimum absolute atomic E-state index is 0.00846. The molecule has 0 aliphatic rings. The van der Waals surface area contributed by atoms with Crippen molar-refractivity contribution in [3.63, 3.8) is 0 Å². The Labute approximate surface area is 169 Å². The molecule has 7 heteroatoms. The van der Waals surface area contributed by atoms with Gasteiger partial charge in [0, 0.05) is 54.2 Å². The second-order valence-electron chi connectivity index (χ2n) is 7.97. The van der Waals surface area contributed by atoms with Crippen LogP contribution in [-0.4, -0.2) is 31.8 Å². The van der Waals surface area contributed by atoms with E-state index in [1.165, 1.54) is 0 Å². The van der Waals surface area contributed by atoms with Gasteiger partial charge in [-0.2, -0.15) is 0 Å². The number of aromatic amines is 2. The van der Waals surface area contributed by atoms with Gasteiger partial charge in [0.25, 0.3) is 0 Å². The Morgan fingerprint density at radius 1 is 1.17 bits per heavy atom. The molecule has 4 N–H and O–H groups in total. The topological polar surface area (TPSA) is 111 Å². The lowest BCUT2D eigenvalue weighted by Gasteiger charge is -2.20. The third kappa shape index (κ3) is 5.32. The van der Waals surface area contributed by atoms with Gasteiger partial charge in [0.05, 0.1) is 0 Å². The summed E-state index contributed by atoms with van der Waals surface area (Å²) in [5, 5.41) is 10.0. The predicted molar refractivity (Wildman–Crippen MR) is 110 cm³/mol. The van der Waals surface area contributed by atoms with E-state index in [2.05, 4.69) is 21.0 Å². The number of para-hydroxylation sites is 1. The molecule has 7 nitrogen and oxygen atoms in total. The van der Waals surface area contributed by atoms with Crippen LogP contribution in [0.4, 0.5) is 0 Å². The molecule has 154 valence electrons. The zero-order valence-corrected chi connectivity index (χ0v) is 16.8. The predicted octanol–water partition coefficient (Wildman–Crippen LogP) is 3.73. The van der Waals surface area contributed by atoms with Crippen LogP contribution < -0.4 is 5.48 Å². The lowest BCUT2D eigenvalue weighted by atomic mass is 9.84. The van der Waals surface area contributed by atoms with Crippen LogP contribution in [0.2, 0.25) is 0 Å². The fraction of sp³-hybridized carbons (Fsp3) is 0.409. The summed E-state index contributed by atoms with van der Waals surface area (Å²) in [4.78, 5) is 35.6. The molecule has 0 saturated heterocycles. The number of carbonyl (C=O) groups is 2. The summed E-state index contributed by atoms with van der Waals surface area (Å²) in [6.07, 6.45) is 6.96. The number of rotatable bonds is 10. The number of nitrogens with zero attached hydrogens (tertiary/aromatic N) is 1. The van der Waals surface area contributed by atoms with Crippen molar-refractivity contribution in [3.05, 3.63) is 54.2 Å². The molecule has 2 atom stereocenters. The molecular formula is C22H28N4O3. The zero-order valence-electron chi connectivity index (χ0n) is 16.8. The number of fused-ring (bicyclic) bond motifs is 1. The molecule has 0 unspecified atom stereocenters. The van der Waals surface area contributed by atoms with Crippen LogP contribution in [0.1, 0.15) is 50.4 Å². The lowest BCUT2D eigenvalue weighted by Crippen LogP contribution is -2.28. The number of benzene rings is 1. The molecule has 1 aromatic carbocycles. The fourth-order valence-corrected chi connectivity index (χ4v) is 3.91. The number of H-pyrrole nitrogens is 2. The van der Waals surface area contributed by atoms with Crippen molar-refractivity contribution in [1.82, 2.24) is 20.4 Å². The minimum atomic E-state index is -0.532. The van der Waals surface area contributed by atoms with E-state index in [1.54, 1.807) is 17.9 Å². The maximum Gasteiger partial charge on any atom is 0.244 e. The van der Waals surface area contributed by atoms with Crippen molar-refractivity contribution in [3.8, 4) is 0 Å². The van der Waals surface area contributed by atoms with Crippen molar-refractivity contribution in [2.45, 2.75) is 45.4 Å². The fourth-order valence-electron chi connectivity index (χ4n) is 3.91. The first-order valence-electron chi connectivity index (χ1n) is 9.97. The molecule has 0 saturated carbocycles. The van der Waals surface area contributed by atoms with Gasteiger partial charge in [0.1, 0.15) is 11.6 Å². The number of imidazole rings is 1. The second-order valence-corrected chi connectivity index (χ2v) is 7.97. The first-order chi connectivity index (χ1) is 14.0. The van der Waals surface area contributed by atoms with E-state index in [0.29, 0.717) is 12.8 Å². The smallest absolute Gasteiger partial charge is 0.244 e. The number of ketones is 1. The Hall–Kier alpha value is -2.93. The van der Waals surface area contributed by atoms with Gasteiger partial charge >= 0.3 is 0 Å². The van der Waals surface area contributed by atoms with Crippen molar-refractivity contribution >= 4 is 22.6 Å². The van der Waals surface area contributed by atoms with Crippen LogP contribution >= 0.6 is 0 Å². The number of hydrogen-bond donors (Lipinski definition) is 4. The molecule has 0 bridgehead atoms. The molecule has 3 rings (SSSR count). The molecule has 0 radical (unpaired) electrons. The molecule has 0 spiro atoms. The summed E-state index contributed by atoms with van der Waals surface area (Å²) in [5.41, 5.74) is 3.83. The normalized spacial score (nSPS) is 13.5. The first-order valence-corrected chi connectivity index (χ1v) is 9.97. The van der Waals surface area contributed by atoms with Gasteiger partial charge < -0.3 is 9.97 Å². The van der Waals surface area contributed by atoms with Crippen LogP contribution in [0, 0.1) is 11.8 Å². The van der Waals surface area contributed by atoms with Gasteiger partial charge in [-0.05, 0) is 30.4 Å². The van der Waals surface area contributed by atoms with Gasteiger partial charge in [0.15, 0.2) is 0 Å². The van der Waals surface area contributed by atoms with Gasteiger partial charge in [0.2, 0.25) is 5.91 Å². The maximum absolute atomic E-state index is 13.1. The Balaban J connectivity index is 1.81. The van der Waals surface area contributed by atoms with Crippen LogP contribution in [0.25, 0.3) is 10.9 Å². The summed E-state index contributed by atoms with van der Waals surface area (Å²) in [6.45, 7) is 4.04. The number of carbonyl (C=O) groups excluding carboxylic acids is 2. The Morgan fingerprint density at radius 3 is 2.66 bits per heavy atom. The quantitative estimate of drug-likeness (QED) is 0.309. The van der Waals surface area contributed by atoms with E-state index in [1.807, 2.05) is 38.2 Å². The minimum Gasteiger partial charge on any atom is -0.361 e. The molecule has 0 aliphatic carbocycles. The largest absolute Gasteiger partial charge is 0.361 e. The summed E-state index contributed by atoms with van der Waals surface area (Å²) in [7, 11) is 0. The number of amides is 1. The third-order valence-electron chi connectivity index (χ3n) is 5.26. The number of nitrogens with one attached hydrogen (secondary N) is 3. The van der Waals surface area contributed by atoms with Gasteiger partial charge in [-0.3, -0.25) is 14.8 Å². The Bertz CT molecular complexity index is 946. The van der Waals surface area contributed by atoms with Crippen molar-refractivity contribution < 1.29 is 14.8 Å². The van der Waals surface area contributed by atoms with E-state index in [4.69, 9.17) is 5.21 Å². The number of aromatic nitrogens is 3. The summed E-state index contributed by atoms with van der Waals surface area (Å²) in [5.74, 6) is -0.0329.